The van der Waals surface area contributed by atoms with Gasteiger partial charge in [-0.3, -0.25) is 4.31 Å². The first-order valence-corrected chi connectivity index (χ1v) is 8.52. The van der Waals surface area contributed by atoms with Crippen LogP contribution in [-0.2, 0) is 19.9 Å². The maximum absolute atomic E-state index is 12.2. The summed E-state index contributed by atoms with van der Waals surface area (Å²) in [5, 5.41) is 0. The highest BCUT2D eigenvalue weighted by Crippen LogP contribution is 2.24. The maximum atomic E-state index is 12.2. The van der Waals surface area contributed by atoms with Crippen LogP contribution in [0.3, 0.4) is 0 Å². The van der Waals surface area contributed by atoms with Crippen molar-refractivity contribution in [3.63, 3.8) is 0 Å². The molecule has 1 aromatic carbocycles. The molecule has 0 bridgehead atoms. The topological polar surface area (TPSA) is 71.5 Å². The second kappa shape index (κ2) is 4.40. The number of hydrogen-bond donors (Lipinski definition) is 0. The first kappa shape index (κ1) is 13.1. The summed E-state index contributed by atoms with van der Waals surface area (Å²) in [7, 11) is -5.63. The van der Waals surface area contributed by atoms with Crippen molar-refractivity contribution in [3.8, 4) is 0 Å². The highest BCUT2D eigenvalue weighted by Gasteiger charge is 2.32. The minimum atomic E-state index is -3.75. The van der Waals surface area contributed by atoms with E-state index in [0.29, 0.717) is 5.69 Å². The summed E-state index contributed by atoms with van der Waals surface area (Å²) >= 11 is 0. The van der Waals surface area contributed by atoms with Crippen LogP contribution in [0.4, 0.5) is 5.69 Å². The Hall–Kier alpha value is -1.34. The molecular formula is C11H13NO4S2. The predicted molar refractivity (Wildman–Crippen MR) is 70.5 cm³/mol. The number of anilines is 1. The molecule has 0 spiro atoms. The van der Waals surface area contributed by atoms with Crippen molar-refractivity contribution in [1.29, 1.82) is 0 Å². The number of rotatable bonds is 3. The van der Waals surface area contributed by atoms with Crippen LogP contribution in [0.5, 0.6) is 0 Å². The minimum absolute atomic E-state index is 0.0474. The lowest BCUT2D eigenvalue weighted by molar-refractivity contribution is 0.596. The SMILES string of the molecule is CN(c1ccccc1)S(=O)(=O)C1=CCS(=O)(=O)C1. The highest BCUT2D eigenvalue weighted by atomic mass is 32.2. The second-order valence-corrected chi connectivity index (χ2v) is 8.16. The zero-order chi connectivity index (χ0) is 13.4. The fourth-order valence-electron chi connectivity index (χ4n) is 1.69. The van der Waals surface area contributed by atoms with E-state index in [2.05, 4.69) is 0 Å². The summed E-state index contributed by atoms with van der Waals surface area (Å²) in [6.07, 6.45) is 1.27. The molecule has 0 fully saturated rings. The summed E-state index contributed by atoms with van der Waals surface area (Å²) in [5.41, 5.74) is 0.502. The summed E-state index contributed by atoms with van der Waals surface area (Å²) in [4.78, 5) is -0.0474. The number of para-hydroxylation sites is 1. The Bertz CT molecular complexity index is 675. The van der Waals surface area contributed by atoms with Gasteiger partial charge in [0.05, 0.1) is 22.1 Å². The number of benzene rings is 1. The Kier molecular flexibility index (Phi) is 3.20. The van der Waals surface area contributed by atoms with Crippen molar-refractivity contribution in [2.75, 3.05) is 22.9 Å². The van der Waals surface area contributed by atoms with E-state index < -0.39 is 25.6 Å². The normalized spacial score (nSPS) is 18.4. The molecule has 0 aliphatic carbocycles. The Morgan fingerprint density at radius 3 is 2.28 bits per heavy atom. The van der Waals surface area contributed by atoms with Gasteiger partial charge in [0.25, 0.3) is 10.0 Å². The van der Waals surface area contributed by atoms with E-state index in [1.807, 2.05) is 0 Å². The molecule has 1 heterocycles. The van der Waals surface area contributed by atoms with Crippen molar-refractivity contribution in [2.24, 2.45) is 0 Å². The van der Waals surface area contributed by atoms with Crippen molar-refractivity contribution in [2.45, 2.75) is 0 Å². The molecule has 0 N–H and O–H groups in total. The zero-order valence-electron chi connectivity index (χ0n) is 9.78. The highest BCUT2D eigenvalue weighted by molar-refractivity contribution is 7.99. The number of hydrogen-bond acceptors (Lipinski definition) is 4. The van der Waals surface area contributed by atoms with Gasteiger partial charge in [-0.1, -0.05) is 24.3 Å². The Morgan fingerprint density at radius 2 is 1.78 bits per heavy atom. The lowest BCUT2D eigenvalue weighted by atomic mass is 10.3. The third-order valence-electron chi connectivity index (χ3n) is 2.74. The van der Waals surface area contributed by atoms with E-state index in [4.69, 9.17) is 0 Å². The monoisotopic (exact) mass is 287 g/mol. The van der Waals surface area contributed by atoms with E-state index in [1.54, 1.807) is 30.3 Å². The number of sulfone groups is 1. The van der Waals surface area contributed by atoms with Gasteiger partial charge in [-0.15, -0.1) is 0 Å². The molecule has 18 heavy (non-hydrogen) atoms. The molecule has 0 unspecified atom stereocenters. The summed E-state index contributed by atoms with van der Waals surface area (Å²) in [6.45, 7) is 0. The third kappa shape index (κ3) is 2.41. The van der Waals surface area contributed by atoms with Crippen LogP contribution >= 0.6 is 0 Å². The van der Waals surface area contributed by atoms with Gasteiger partial charge in [-0.05, 0) is 12.1 Å². The van der Waals surface area contributed by atoms with Gasteiger partial charge in [0.2, 0.25) is 0 Å². The van der Waals surface area contributed by atoms with E-state index >= 15 is 0 Å². The van der Waals surface area contributed by atoms with Crippen molar-refractivity contribution >= 4 is 25.5 Å². The van der Waals surface area contributed by atoms with E-state index in [9.17, 15) is 16.8 Å². The fraction of sp³-hybridized carbons (Fsp3) is 0.273. The van der Waals surface area contributed by atoms with Gasteiger partial charge in [-0.2, -0.15) is 0 Å². The standard InChI is InChI=1S/C11H13NO4S2/c1-12(10-5-3-2-4-6-10)18(15,16)11-7-8-17(13,14)9-11/h2-7H,8-9H2,1H3. The van der Waals surface area contributed by atoms with Crippen molar-refractivity contribution in [1.82, 2.24) is 0 Å². The Balaban J connectivity index is 2.34. The van der Waals surface area contributed by atoms with Crippen LogP contribution in [0.2, 0.25) is 0 Å². The molecule has 0 aromatic heterocycles. The van der Waals surface area contributed by atoms with Crippen LogP contribution in [0, 0.1) is 0 Å². The summed E-state index contributed by atoms with van der Waals surface area (Å²) in [6, 6.07) is 8.54. The Morgan fingerprint density at radius 1 is 1.17 bits per heavy atom. The van der Waals surface area contributed by atoms with E-state index in [0.717, 1.165) is 4.31 Å². The second-order valence-electron chi connectivity index (χ2n) is 4.03. The van der Waals surface area contributed by atoms with E-state index in [1.165, 1.54) is 13.1 Å². The average Bonchev–Trinajstić information content (AvgIpc) is 2.70. The quantitative estimate of drug-likeness (QED) is 0.823. The Labute approximate surface area is 107 Å². The van der Waals surface area contributed by atoms with Gasteiger partial charge in [0, 0.05) is 7.05 Å². The number of nitrogens with zero attached hydrogens (tertiary/aromatic N) is 1. The van der Waals surface area contributed by atoms with Gasteiger partial charge in [0.1, 0.15) is 0 Å². The summed E-state index contributed by atoms with van der Waals surface area (Å²) in [5.74, 6) is -0.614. The van der Waals surface area contributed by atoms with Gasteiger partial charge in [0.15, 0.2) is 9.84 Å². The third-order valence-corrected chi connectivity index (χ3v) is 6.25. The van der Waals surface area contributed by atoms with Gasteiger partial charge in [-0.25, -0.2) is 16.8 Å². The van der Waals surface area contributed by atoms with E-state index in [-0.39, 0.29) is 10.7 Å². The molecule has 0 saturated carbocycles. The maximum Gasteiger partial charge on any atom is 0.260 e. The summed E-state index contributed by atoms with van der Waals surface area (Å²) < 4.78 is 48.1. The van der Waals surface area contributed by atoms with Gasteiger partial charge >= 0.3 is 0 Å². The smallest absolute Gasteiger partial charge is 0.260 e. The zero-order valence-corrected chi connectivity index (χ0v) is 11.4. The molecule has 5 nitrogen and oxygen atoms in total. The van der Waals surface area contributed by atoms with Crippen LogP contribution < -0.4 is 4.31 Å². The van der Waals surface area contributed by atoms with Gasteiger partial charge < -0.3 is 0 Å². The molecule has 1 aromatic rings. The predicted octanol–water partition coefficient (Wildman–Crippen LogP) is 0.765. The lowest BCUT2D eigenvalue weighted by Crippen LogP contribution is -2.28. The molecular weight excluding hydrogens is 274 g/mol. The molecule has 0 radical (unpaired) electrons. The molecule has 2 rings (SSSR count). The molecule has 0 atom stereocenters. The average molecular weight is 287 g/mol. The van der Waals surface area contributed by atoms with Crippen LogP contribution in [0.15, 0.2) is 41.3 Å². The van der Waals surface area contributed by atoms with Crippen molar-refractivity contribution < 1.29 is 16.8 Å². The van der Waals surface area contributed by atoms with Crippen LogP contribution in [0.25, 0.3) is 0 Å². The molecule has 1 aliphatic heterocycles. The molecule has 1 aliphatic rings. The fourth-order valence-corrected chi connectivity index (χ4v) is 5.10. The molecule has 0 amide bonds. The molecule has 98 valence electrons. The molecule has 0 saturated heterocycles. The van der Waals surface area contributed by atoms with Crippen LogP contribution in [-0.4, -0.2) is 35.4 Å². The minimum Gasteiger partial charge on any atom is -0.270 e. The van der Waals surface area contributed by atoms with Crippen molar-refractivity contribution in [3.05, 3.63) is 41.3 Å². The lowest BCUT2D eigenvalue weighted by Gasteiger charge is -2.19. The van der Waals surface area contributed by atoms with Crippen LogP contribution in [0.1, 0.15) is 0 Å². The largest absolute Gasteiger partial charge is 0.270 e. The first-order valence-electron chi connectivity index (χ1n) is 5.26. The first-order chi connectivity index (χ1) is 8.33. The number of sulfonamides is 1. The molecule has 7 heteroatoms.